The fourth-order valence-electron chi connectivity index (χ4n) is 3.35. The first-order chi connectivity index (χ1) is 14.7. The van der Waals surface area contributed by atoms with Crippen LogP contribution in [0.4, 0.5) is 10.6 Å². The number of alkyl carbamates (subject to hydrolysis) is 1. The average Bonchev–Trinajstić information content (AvgIpc) is 2.74. The van der Waals surface area contributed by atoms with Crippen LogP contribution in [0.2, 0.25) is 0 Å². The molecule has 1 atom stereocenters. The van der Waals surface area contributed by atoms with E-state index < -0.39 is 17.7 Å². The number of carbonyl (C=O) groups excluding carboxylic acids is 2. The van der Waals surface area contributed by atoms with Crippen LogP contribution in [0.25, 0.3) is 0 Å². The van der Waals surface area contributed by atoms with Crippen LogP contribution < -0.4 is 10.2 Å². The lowest BCUT2D eigenvalue weighted by Gasteiger charge is -2.37. The van der Waals surface area contributed by atoms with Gasteiger partial charge in [0, 0.05) is 45.0 Å². The second-order valence-electron chi connectivity index (χ2n) is 8.45. The predicted octanol–water partition coefficient (Wildman–Crippen LogP) is 1.97. The number of aromatic hydroxyl groups is 1. The first-order valence-electron chi connectivity index (χ1n) is 10.3. The Balaban J connectivity index is 1.67. The summed E-state index contributed by atoms with van der Waals surface area (Å²) in [6, 6.07) is 5.81. The Bertz CT molecular complexity index is 875. The summed E-state index contributed by atoms with van der Waals surface area (Å²) in [5.41, 5.74) is 0.156. The fourth-order valence-corrected chi connectivity index (χ4v) is 3.35. The van der Waals surface area contributed by atoms with Crippen LogP contribution in [-0.4, -0.2) is 69.8 Å². The summed E-state index contributed by atoms with van der Waals surface area (Å²) in [4.78, 5) is 37.9. The number of hydrogen-bond donors (Lipinski definition) is 2. The van der Waals surface area contributed by atoms with Crippen LogP contribution in [0.15, 0.2) is 42.9 Å². The molecule has 2 heterocycles. The van der Waals surface area contributed by atoms with E-state index in [-0.39, 0.29) is 11.7 Å². The van der Waals surface area contributed by atoms with Crippen LogP contribution in [0.3, 0.4) is 0 Å². The van der Waals surface area contributed by atoms with Crippen molar-refractivity contribution in [3.63, 3.8) is 0 Å². The second kappa shape index (κ2) is 9.63. The van der Waals surface area contributed by atoms with Gasteiger partial charge in [-0.05, 0) is 38.5 Å². The van der Waals surface area contributed by atoms with E-state index in [9.17, 15) is 14.7 Å². The number of aromatic nitrogens is 2. The maximum Gasteiger partial charge on any atom is 0.408 e. The maximum atomic E-state index is 13.3. The van der Waals surface area contributed by atoms with Gasteiger partial charge in [0.25, 0.3) is 0 Å². The Hall–Kier alpha value is -3.36. The van der Waals surface area contributed by atoms with Crippen molar-refractivity contribution in [2.24, 2.45) is 0 Å². The van der Waals surface area contributed by atoms with Crippen LogP contribution in [0.5, 0.6) is 5.75 Å². The normalized spacial score (nSPS) is 15.3. The van der Waals surface area contributed by atoms with E-state index in [4.69, 9.17) is 4.74 Å². The van der Waals surface area contributed by atoms with E-state index in [2.05, 4.69) is 20.2 Å². The lowest BCUT2D eigenvalue weighted by Crippen LogP contribution is -2.56. The smallest absolute Gasteiger partial charge is 0.408 e. The van der Waals surface area contributed by atoms with Gasteiger partial charge in [-0.1, -0.05) is 12.1 Å². The topological polar surface area (TPSA) is 108 Å². The van der Waals surface area contributed by atoms with Crippen molar-refractivity contribution in [3.8, 4) is 5.75 Å². The van der Waals surface area contributed by atoms with Gasteiger partial charge in [0.2, 0.25) is 5.91 Å². The van der Waals surface area contributed by atoms with Gasteiger partial charge < -0.3 is 25.0 Å². The van der Waals surface area contributed by atoms with Gasteiger partial charge >= 0.3 is 6.09 Å². The van der Waals surface area contributed by atoms with Crippen LogP contribution >= 0.6 is 0 Å². The largest absolute Gasteiger partial charge is 0.508 e. The van der Waals surface area contributed by atoms with Crippen molar-refractivity contribution < 1.29 is 19.4 Å². The zero-order chi connectivity index (χ0) is 22.4. The minimum absolute atomic E-state index is 0.145. The van der Waals surface area contributed by atoms with Gasteiger partial charge in [-0.15, -0.1) is 0 Å². The third-order valence-electron chi connectivity index (χ3n) is 4.83. The van der Waals surface area contributed by atoms with Crippen molar-refractivity contribution in [3.05, 3.63) is 48.4 Å². The number of carbonyl (C=O) groups is 2. The van der Waals surface area contributed by atoms with Gasteiger partial charge in [-0.25, -0.2) is 9.78 Å². The summed E-state index contributed by atoms with van der Waals surface area (Å²) in [6.07, 6.45) is 4.63. The zero-order valence-corrected chi connectivity index (χ0v) is 18.1. The highest BCUT2D eigenvalue weighted by atomic mass is 16.6. The number of benzene rings is 1. The number of amides is 2. The molecule has 31 heavy (non-hydrogen) atoms. The van der Waals surface area contributed by atoms with E-state index in [1.165, 1.54) is 0 Å². The quantitative estimate of drug-likeness (QED) is 0.751. The molecule has 0 aliphatic carbocycles. The summed E-state index contributed by atoms with van der Waals surface area (Å²) >= 11 is 0. The van der Waals surface area contributed by atoms with Crippen molar-refractivity contribution in [1.29, 1.82) is 0 Å². The number of nitrogens with zero attached hydrogens (tertiary/aromatic N) is 4. The Morgan fingerprint density at radius 2 is 1.81 bits per heavy atom. The molecule has 3 rings (SSSR count). The number of ether oxygens (including phenoxy) is 1. The number of nitrogens with one attached hydrogen (secondary N) is 1. The minimum atomic E-state index is -0.776. The van der Waals surface area contributed by atoms with Gasteiger partial charge in [-0.2, -0.15) is 0 Å². The van der Waals surface area contributed by atoms with Crippen LogP contribution in [0, 0.1) is 0 Å². The molecule has 2 aromatic rings. The summed E-state index contributed by atoms with van der Waals surface area (Å²) in [7, 11) is 0. The van der Waals surface area contributed by atoms with E-state index in [0.717, 1.165) is 11.4 Å². The Morgan fingerprint density at radius 3 is 2.39 bits per heavy atom. The minimum Gasteiger partial charge on any atom is -0.508 e. The van der Waals surface area contributed by atoms with Gasteiger partial charge in [-0.3, -0.25) is 9.78 Å². The third-order valence-corrected chi connectivity index (χ3v) is 4.83. The second-order valence-corrected chi connectivity index (χ2v) is 8.45. The molecule has 0 spiro atoms. The summed E-state index contributed by atoms with van der Waals surface area (Å²) in [5.74, 6) is 0.756. The number of hydrogen-bond acceptors (Lipinski definition) is 7. The highest BCUT2D eigenvalue weighted by Crippen LogP contribution is 2.16. The molecule has 1 aliphatic rings. The Morgan fingerprint density at radius 1 is 1.13 bits per heavy atom. The van der Waals surface area contributed by atoms with E-state index >= 15 is 0 Å². The molecule has 9 heteroatoms. The molecule has 1 saturated heterocycles. The molecule has 1 aromatic carbocycles. The van der Waals surface area contributed by atoms with Crippen LogP contribution in [-0.2, 0) is 16.0 Å². The van der Waals surface area contributed by atoms with Gasteiger partial charge in [0.05, 0.1) is 6.20 Å². The molecule has 2 N–H and O–H groups in total. The zero-order valence-electron chi connectivity index (χ0n) is 18.1. The lowest BCUT2D eigenvalue weighted by atomic mass is 10.0. The fraction of sp³-hybridized carbons (Fsp3) is 0.455. The van der Waals surface area contributed by atoms with Crippen molar-refractivity contribution in [2.45, 2.75) is 38.8 Å². The third kappa shape index (κ3) is 6.56. The molecular weight excluding hydrogens is 398 g/mol. The maximum absolute atomic E-state index is 13.3. The van der Waals surface area contributed by atoms with E-state index in [1.54, 1.807) is 68.5 Å². The molecule has 0 bridgehead atoms. The molecule has 2 amide bonds. The molecule has 0 saturated carbocycles. The standard InChI is InChI=1S/C22H29N5O4/c1-22(2,3)31-21(30)25-18(14-16-4-6-17(28)7-5-16)20(29)27-12-10-26(11-13-27)19-15-23-8-9-24-19/h4-9,15,18,28H,10-14H2,1-3H3,(H,25,30)/t18-/m0/s1. The number of phenolic OH excluding ortho intramolecular Hbond substituents is 1. The first kappa shape index (κ1) is 22.3. The van der Waals surface area contributed by atoms with Crippen molar-refractivity contribution >= 4 is 17.8 Å². The highest BCUT2D eigenvalue weighted by molar-refractivity contribution is 5.86. The van der Waals surface area contributed by atoms with Crippen molar-refractivity contribution in [1.82, 2.24) is 20.2 Å². The molecular formula is C22H29N5O4. The van der Waals surface area contributed by atoms with Gasteiger partial charge in [0.1, 0.15) is 23.2 Å². The molecule has 1 aromatic heterocycles. The predicted molar refractivity (Wildman–Crippen MR) is 116 cm³/mol. The van der Waals surface area contributed by atoms with E-state index in [0.29, 0.717) is 32.6 Å². The number of rotatable bonds is 5. The molecule has 0 unspecified atom stereocenters. The number of phenols is 1. The summed E-state index contributed by atoms with van der Waals surface area (Å²) in [6.45, 7) is 7.60. The van der Waals surface area contributed by atoms with E-state index in [1.807, 2.05) is 0 Å². The summed E-state index contributed by atoms with van der Waals surface area (Å²) < 4.78 is 5.35. The number of anilines is 1. The Kier molecular flexibility index (Phi) is 6.94. The molecule has 1 aliphatic heterocycles. The average molecular weight is 428 g/mol. The first-order valence-corrected chi connectivity index (χ1v) is 10.3. The van der Waals surface area contributed by atoms with Crippen molar-refractivity contribution in [2.75, 3.05) is 31.1 Å². The molecule has 166 valence electrons. The summed E-state index contributed by atoms with van der Waals surface area (Å²) in [5, 5.41) is 12.2. The number of piperazine rings is 1. The van der Waals surface area contributed by atoms with Gasteiger partial charge in [0.15, 0.2) is 0 Å². The molecule has 1 fully saturated rings. The highest BCUT2D eigenvalue weighted by Gasteiger charge is 2.30. The monoisotopic (exact) mass is 427 g/mol. The SMILES string of the molecule is CC(C)(C)OC(=O)N[C@@H](Cc1ccc(O)cc1)C(=O)N1CCN(c2cnccn2)CC1. The lowest BCUT2D eigenvalue weighted by molar-refractivity contribution is -0.133. The molecule has 0 radical (unpaired) electrons. The molecule has 9 nitrogen and oxygen atoms in total. The Labute approximate surface area is 182 Å². The van der Waals surface area contributed by atoms with Crippen LogP contribution in [0.1, 0.15) is 26.3 Å².